The average Bonchev–Trinajstić information content (AvgIpc) is 2.54. The fourth-order valence-corrected chi connectivity index (χ4v) is 4.47. The molecule has 1 heterocycles. The molecule has 0 atom stereocenters. The van der Waals surface area contributed by atoms with Crippen LogP contribution >= 0.6 is 12.4 Å². The number of esters is 1. The van der Waals surface area contributed by atoms with Crippen LogP contribution in [-0.4, -0.2) is 45.4 Å². The van der Waals surface area contributed by atoms with E-state index in [0.717, 1.165) is 12.8 Å². The van der Waals surface area contributed by atoms with Crippen molar-refractivity contribution in [1.29, 1.82) is 0 Å². The molecule has 8 heteroatoms. The summed E-state index contributed by atoms with van der Waals surface area (Å²) in [5, 5.41) is 0. The fourth-order valence-electron chi connectivity index (χ4n) is 2.75. The molecule has 0 bridgehead atoms. The van der Waals surface area contributed by atoms with E-state index in [1.165, 1.54) is 17.5 Å². The molecule has 130 valence electrons. The van der Waals surface area contributed by atoms with Crippen LogP contribution < -0.4 is 5.73 Å². The van der Waals surface area contributed by atoms with Gasteiger partial charge in [-0.1, -0.05) is 6.07 Å². The molecule has 1 saturated heterocycles. The second kappa shape index (κ2) is 8.10. The van der Waals surface area contributed by atoms with Gasteiger partial charge in [0.25, 0.3) is 0 Å². The Kier molecular flexibility index (Phi) is 7.01. The number of halogens is 1. The first-order chi connectivity index (χ1) is 10.4. The fraction of sp³-hybridized carbons (Fsp3) is 0.533. The van der Waals surface area contributed by atoms with Crippen LogP contribution in [-0.2, 0) is 14.8 Å². The van der Waals surface area contributed by atoms with E-state index in [-0.39, 0.29) is 22.9 Å². The highest BCUT2D eigenvalue weighted by Crippen LogP contribution is 2.27. The number of hydrogen-bond acceptors (Lipinski definition) is 5. The molecule has 1 aliphatic rings. The van der Waals surface area contributed by atoms with Gasteiger partial charge in [-0.2, -0.15) is 4.31 Å². The minimum atomic E-state index is -3.60. The highest BCUT2D eigenvalue weighted by Gasteiger charge is 2.31. The van der Waals surface area contributed by atoms with E-state index in [1.807, 2.05) is 0 Å². The normalized spacial score (nSPS) is 16.7. The SMILES string of the molecule is COC(=O)c1cccc(S(=O)(=O)N2CCC(CN)CC2)c1C.Cl. The zero-order valence-electron chi connectivity index (χ0n) is 13.3. The van der Waals surface area contributed by atoms with Crippen molar-refractivity contribution in [1.82, 2.24) is 4.31 Å². The van der Waals surface area contributed by atoms with E-state index in [4.69, 9.17) is 10.5 Å². The summed E-state index contributed by atoms with van der Waals surface area (Å²) in [4.78, 5) is 11.9. The van der Waals surface area contributed by atoms with E-state index in [2.05, 4.69) is 0 Å². The van der Waals surface area contributed by atoms with E-state index in [1.54, 1.807) is 19.1 Å². The van der Waals surface area contributed by atoms with Gasteiger partial charge in [0.15, 0.2) is 0 Å². The monoisotopic (exact) mass is 362 g/mol. The second-order valence-electron chi connectivity index (χ2n) is 5.50. The van der Waals surface area contributed by atoms with Crippen molar-refractivity contribution in [2.24, 2.45) is 11.7 Å². The van der Waals surface area contributed by atoms with Gasteiger partial charge in [-0.25, -0.2) is 13.2 Å². The van der Waals surface area contributed by atoms with Crippen molar-refractivity contribution in [2.45, 2.75) is 24.7 Å². The van der Waals surface area contributed by atoms with Gasteiger partial charge in [-0.15, -0.1) is 12.4 Å². The Hall–Kier alpha value is -1.15. The smallest absolute Gasteiger partial charge is 0.338 e. The number of nitrogens with zero attached hydrogens (tertiary/aromatic N) is 1. The molecule has 6 nitrogen and oxygen atoms in total. The second-order valence-corrected chi connectivity index (χ2v) is 7.41. The van der Waals surface area contributed by atoms with Crippen LogP contribution in [0.4, 0.5) is 0 Å². The summed E-state index contributed by atoms with van der Waals surface area (Å²) >= 11 is 0. The summed E-state index contributed by atoms with van der Waals surface area (Å²) in [6.45, 7) is 3.15. The Morgan fingerprint density at radius 1 is 1.35 bits per heavy atom. The van der Waals surface area contributed by atoms with Crippen molar-refractivity contribution in [3.05, 3.63) is 29.3 Å². The number of benzene rings is 1. The van der Waals surface area contributed by atoms with Crippen LogP contribution in [0.1, 0.15) is 28.8 Å². The molecule has 1 fully saturated rings. The summed E-state index contributed by atoms with van der Waals surface area (Å²) in [5.74, 6) is -0.148. The first-order valence-corrected chi connectivity index (χ1v) is 8.74. The average molecular weight is 363 g/mol. The van der Waals surface area contributed by atoms with Gasteiger partial charge in [0, 0.05) is 13.1 Å². The van der Waals surface area contributed by atoms with Crippen LogP contribution in [0.2, 0.25) is 0 Å². The molecule has 2 rings (SSSR count). The van der Waals surface area contributed by atoms with Crippen molar-refractivity contribution < 1.29 is 17.9 Å². The number of ether oxygens (including phenoxy) is 1. The minimum Gasteiger partial charge on any atom is -0.465 e. The number of piperidine rings is 1. The zero-order chi connectivity index (χ0) is 16.3. The van der Waals surface area contributed by atoms with Gasteiger partial charge in [-0.3, -0.25) is 0 Å². The minimum absolute atomic E-state index is 0. The molecule has 1 aromatic rings. The summed E-state index contributed by atoms with van der Waals surface area (Å²) in [6.07, 6.45) is 1.54. The third-order valence-corrected chi connectivity index (χ3v) is 6.26. The number of hydrogen-bond donors (Lipinski definition) is 1. The number of nitrogens with two attached hydrogens (primary N) is 1. The Morgan fingerprint density at radius 2 is 1.96 bits per heavy atom. The standard InChI is InChI=1S/C15H22N2O4S.ClH/c1-11-13(15(18)21-2)4-3-5-14(11)22(19,20)17-8-6-12(10-16)7-9-17;/h3-5,12H,6-10,16H2,1-2H3;1H. The van der Waals surface area contributed by atoms with Crippen LogP contribution in [0.3, 0.4) is 0 Å². The van der Waals surface area contributed by atoms with Crippen molar-refractivity contribution in [3.8, 4) is 0 Å². The molecule has 0 radical (unpaired) electrons. The lowest BCUT2D eigenvalue weighted by Gasteiger charge is -2.31. The Bertz CT molecular complexity index is 655. The van der Waals surface area contributed by atoms with Gasteiger partial charge in [0.05, 0.1) is 17.6 Å². The quantitative estimate of drug-likeness (QED) is 0.821. The number of rotatable bonds is 4. The molecule has 23 heavy (non-hydrogen) atoms. The van der Waals surface area contributed by atoms with Crippen molar-refractivity contribution in [3.63, 3.8) is 0 Å². The number of sulfonamides is 1. The predicted molar refractivity (Wildman–Crippen MR) is 90.3 cm³/mol. The third kappa shape index (κ3) is 4.03. The Morgan fingerprint density at radius 3 is 2.48 bits per heavy atom. The Balaban J connectivity index is 0.00000264. The van der Waals surface area contributed by atoms with Gasteiger partial charge in [0.2, 0.25) is 10.0 Å². The first kappa shape index (κ1) is 19.9. The van der Waals surface area contributed by atoms with Crippen molar-refractivity contribution in [2.75, 3.05) is 26.7 Å². The molecular formula is C15H23ClN2O4S. The topological polar surface area (TPSA) is 89.7 Å². The summed E-state index contributed by atoms with van der Waals surface area (Å²) in [7, 11) is -2.33. The lowest BCUT2D eigenvalue weighted by atomic mass is 9.99. The van der Waals surface area contributed by atoms with Crippen LogP contribution in [0.15, 0.2) is 23.1 Å². The number of carbonyl (C=O) groups excluding carboxylic acids is 1. The van der Waals surface area contributed by atoms with Gasteiger partial charge in [-0.05, 0) is 49.9 Å². The van der Waals surface area contributed by atoms with E-state index < -0.39 is 16.0 Å². The summed E-state index contributed by atoms with van der Waals surface area (Å²) < 4.78 is 31.8. The molecular weight excluding hydrogens is 340 g/mol. The van der Waals surface area contributed by atoms with Gasteiger partial charge < -0.3 is 10.5 Å². The molecule has 2 N–H and O–H groups in total. The zero-order valence-corrected chi connectivity index (χ0v) is 15.0. The van der Waals surface area contributed by atoms with Crippen LogP contribution in [0.5, 0.6) is 0 Å². The molecule has 0 spiro atoms. The Labute approximate surface area is 143 Å². The number of methoxy groups -OCH3 is 1. The molecule has 0 saturated carbocycles. The maximum Gasteiger partial charge on any atom is 0.338 e. The lowest BCUT2D eigenvalue weighted by Crippen LogP contribution is -2.40. The summed E-state index contributed by atoms with van der Waals surface area (Å²) in [5.41, 5.74) is 6.35. The lowest BCUT2D eigenvalue weighted by molar-refractivity contribution is 0.0599. The molecule has 0 aromatic heterocycles. The van der Waals surface area contributed by atoms with E-state index >= 15 is 0 Å². The van der Waals surface area contributed by atoms with Crippen LogP contribution in [0.25, 0.3) is 0 Å². The maximum atomic E-state index is 12.8. The van der Waals surface area contributed by atoms with Gasteiger partial charge >= 0.3 is 5.97 Å². The number of carbonyl (C=O) groups is 1. The highest BCUT2D eigenvalue weighted by molar-refractivity contribution is 7.89. The molecule has 0 aliphatic carbocycles. The van der Waals surface area contributed by atoms with Crippen molar-refractivity contribution >= 4 is 28.4 Å². The molecule has 0 amide bonds. The predicted octanol–water partition coefficient (Wildman–Crippen LogP) is 1.56. The maximum absolute atomic E-state index is 12.8. The van der Waals surface area contributed by atoms with Crippen LogP contribution in [0, 0.1) is 12.8 Å². The third-order valence-electron chi connectivity index (χ3n) is 4.21. The highest BCUT2D eigenvalue weighted by atomic mass is 35.5. The largest absolute Gasteiger partial charge is 0.465 e. The molecule has 1 aliphatic heterocycles. The molecule has 1 aromatic carbocycles. The van der Waals surface area contributed by atoms with Gasteiger partial charge in [0.1, 0.15) is 0 Å². The summed E-state index contributed by atoms with van der Waals surface area (Å²) in [6, 6.07) is 4.67. The van der Waals surface area contributed by atoms with E-state index in [9.17, 15) is 13.2 Å². The van der Waals surface area contributed by atoms with E-state index in [0.29, 0.717) is 31.1 Å². The molecule has 0 unspecified atom stereocenters. The first-order valence-electron chi connectivity index (χ1n) is 7.30.